The summed E-state index contributed by atoms with van der Waals surface area (Å²) in [4.78, 5) is 4.53. The van der Waals surface area contributed by atoms with Crippen LogP contribution in [-0.4, -0.2) is 27.3 Å². The highest BCUT2D eigenvalue weighted by Crippen LogP contribution is 2.39. The zero-order chi connectivity index (χ0) is 18.9. The van der Waals surface area contributed by atoms with Crippen molar-refractivity contribution in [3.63, 3.8) is 0 Å². The Hall–Kier alpha value is -3.00. The van der Waals surface area contributed by atoms with E-state index >= 15 is 0 Å². The molecule has 3 heterocycles. The van der Waals surface area contributed by atoms with Crippen LogP contribution in [0.15, 0.2) is 70.2 Å². The second-order valence-electron chi connectivity index (χ2n) is 6.91. The maximum atomic E-state index is 4.53. The molecular formula is C20H20BrN7. The normalized spacial score (nSPS) is 18.8. The molecule has 0 amide bonds. The molecule has 1 fully saturated rings. The van der Waals surface area contributed by atoms with Crippen molar-refractivity contribution in [2.45, 2.75) is 25.0 Å². The van der Waals surface area contributed by atoms with Crippen molar-refractivity contribution in [3.8, 4) is 5.69 Å². The van der Waals surface area contributed by atoms with Crippen LogP contribution in [0.1, 0.15) is 24.5 Å². The molecule has 2 aliphatic rings. The molecule has 1 atom stereocenters. The summed E-state index contributed by atoms with van der Waals surface area (Å²) in [6.07, 6.45) is 8.02. The van der Waals surface area contributed by atoms with Gasteiger partial charge in [0.1, 0.15) is 5.82 Å². The van der Waals surface area contributed by atoms with Crippen molar-refractivity contribution >= 4 is 33.6 Å². The first-order chi connectivity index (χ1) is 13.8. The summed E-state index contributed by atoms with van der Waals surface area (Å²) in [6.45, 7) is 0. The molecule has 0 saturated heterocycles. The standard InChI is InChI=1S/C20H20BrN7/c21-14-12-22-20(23-15-5-1-2-6-17(15)28-9-3-4-10-28)25-19(14)24-18-11-16(26-27-18)13-7-8-13/h1-6,9-13,20,23,25H,7-8H2,(H2,24,26,27). The van der Waals surface area contributed by atoms with Crippen LogP contribution in [0, 0.1) is 0 Å². The molecule has 28 heavy (non-hydrogen) atoms. The van der Waals surface area contributed by atoms with E-state index in [4.69, 9.17) is 0 Å². The minimum absolute atomic E-state index is 0.303. The minimum atomic E-state index is -0.303. The molecule has 0 radical (unpaired) electrons. The summed E-state index contributed by atoms with van der Waals surface area (Å²) in [6, 6.07) is 14.2. The Balaban J connectivity index is 1.31. The average molecular weight is 438 g/mol. The van der Waals surface area contributed by atoms with E-state index in [1.807, 2.05) is 42.7 Å². The summed E-state index contributed by atoms with van der Waals surface area (Å²) in [7, 11) is 0. The van der Waals surface area contributed by atoms with E-state index in [0.29, 0.717) is 5.92 Å². The fourth-order valence-corrected chi connectivity index (χ4v) is 3.54. The second-order valence-corrected chi connectivity index (χ2v) is 7.76. The lowest BCUT2D eigenvalue weighted by Crippen LogP contribution is -2.39. The summed E-state index contributed by atoms with van der Waals surface area (Å²) in [5.41, 5.74) is 3.24. The largest absolute Gasteiger partial charge is 0.345 e. The quantitative estimate of drug-likeness (QED) is 0.467. The van der Waals surface area contributed by atoms with Crippen LogP contribution in [0.2, 0.25) is 0 Å². The van der Waals surface area contributed by atoms with Gasteiger partial charge in [0.2, 0.25) is 0 Å². The van der Waals surface area contributed by atoms with Crippen LogP contribution >= 0.6 is 15.9 Å². The number of aliphatic imine (C=N–C) groups is 1. The Morgan fingerprint density at radius 2 is 1.93 bits per heavy atom. The van der Waals surface area contributed by atoms with Gasteiger partial charge in [-0.1, -0.05) is 12.1 Å². The van der Waals surface area contributed by atoms with Gasteiger partial charge < -0.3 is 20.5 Å². The molecule has 0 bridgehead atoms. The SMILES string of the molecule is BrC1=C(Nc2cc(C3CC3)[nH]n2)NC(Nc2ccccc2-n2cccc2)N=C1. The second kappa shape index (κ2) is 7.20. The molecule has 2 aromatic heterocycles. The molecule has 7 nitrogen and oxygen atoms in total. The predicted molar refractivity (Wildman–Crippen MR) is 115 cm³/mol. The highest BCUT2D eigenvalue weighted by atomic mass is 79.9. The molecule has 1 aliphatic carbocycles. The lowest BCUT2D eigenvalue weighted by atomic mass is 10.2. The number of rotatable bonds is 6. The molecule has 1 unspecified atom stereocenters. The number of H-pyrrole nitrogens is 1. The van der Waals surface area contributed by atoms with E-state index in [0.717, 1.165) is 27.5 Å². The summed E-state index contributed by atoms with van der Waals surface area (Å²) >= 11 is 3.55. The number of hydrogen-bond acceptors (Lipinski definition) is 5. The smallest absolute Gasteiger partial charge is 0.195 e. The van der Waals surface area contributed by atoms with E-state index in [1.54, 1.807) is 6.21 Å². The van der Waals surface area contributed by atoms with Crippen molar-refractivity contribution in [1.29, 1.82) is 0 Å². The molecule has 1 saturated carbocycles. The molecule has 142 valence electrons. The average Bonchev–Trinajstić information content (AvgIpc) is 3.22. The van der Waals surface area contributed by atoms with Gasteiger partial charge in [-0.15, -0.1) is 0 Å². The van der Waals surface area contributed by atoms with E-state index in [9.17, 15) is 0 Å². The fourth-order valence-electron chi connectivity index (χ4n) is 3.21. The lowest BCUT2D eigenvalue weighted by Gasteiger charge is -2.25. The molecule has 4 N–H and O–H groups in total. The van der Waals surface area contributed by atoms with Crippen molar-refractivity contribution in [2.75, 3.05) is 10.6 Å². The van der Waals surface area contributed by atoms with E-state index in [2.05, 4.69) is 63.8 Å². The third-order valence-electron chi connectivity index (χ3n) is 4.80. The van der Waals surface area contributed by atoms with E-state index in [1.165, 1.54) is 18.5 Å². The fraction of sp³-hybridized carbons (Fsp3) is 0.200. The number of nitrogens with one attached hydrogen (secondary N) is 4. The number of benzene rings is 1. The van der Waals surface area contributed by atoms with Crippen LogP contribution in [0.5, 0.6) is 0 Å². The number of nitrogens with zero attached hydrogens (tertiary/aromatic N) is 3. The number of aromatic amines is 1. The topological polar surface area (TPSA) is 82.1 Å². The van der Waals surface area contributed by atoms with Crippen LogP contribution in [0.25, 0.3) is 5.69 Å². The van der Waals surface area contributed by atoms with Gasteiger partial charge in [-0.2, -0.15) is 5.10 Å². The third kappa shape index (κ3) is 3.55. The van der Waals surface area contributed by atoms with Crippen molar-refractivity contribution in [3.05, 3.63) is 70.9 Å². The number of allylic oxidation sites excluding steroid dienone is 1. The van der Waals surface area contributed by atoms with Gasteiger partial charge in [0.25, 0.3) is 0 Å². The maximum absolute atomic E-state index is 4.53. The van der Waals surface area contributed by atoms with Crippen molar-refractivity contribution in [1.82, 2.24) is 20.1 Å². The highest BCUT2D eigenvalue weighted by molar-refractivity contribution is 9.12. The monoisotopic (exact) mass is 437 g/mol. The van der Waals surface area contributed by atoms with Crippen molar-refractivity contribution in [2.24, 2.45) is 4.99 Å². The summed E-state index contributed by atoms with van der Waals surface area (Å²) < 4.78 is 2.92. The maximum Gasteiger partial charge on any atom is 0.195 e. The Bertz CT molecular complexity index is 1030. The van der Waals surface area contributed by atoms with Crippen LogP contribution in [0.4, 0.5) is 11.5 Å². The minimum Gasteiger partial charge on any atom is -0.345 e. The van der Waals surface area contributed by atoms with Gasteiger partial charge in [-0.05, 0) is 53.0 Å². The Morgan fingerprint density at radius 3 is 2.75 bits per heavy atom. The lowest BCUT2D eigenvalue weighted by molar-refractivity contribution is 0.653. The number of para-hydroxylation sites is 2. The zero-order valence-corrected chi connectivity index (χ0v) is 16.6. The number of aromatic nitrogens is 3. The van der Waals surface area contributed by atoms with Crippen molar-refractivity contribution < 1.29 is 0 Å². The Labute approximate surface area is 171 Å². The number of anilines is 2. The van der Waals surface area contributed by atoms with Gasteiger partial charge in [0, 0.05) is 36.3 Å². The zero-order valence-electron chi connectivity index (χ0n) is 15.1. The first-order valence-corrected chi connectivity index (χ1v) is 10.1. The molecular weight excluding hydrogens is 418 g/mol. The first-order valence-electron chi connectivity index (χ1n) is 9.27. The Kier molecular flexibility index (Phi) is 4.40. The molecule has 1 aromatic carbocycles. The third-order valence-corrected chi connectivity index (χ3v) is 5.40. The number of halogens is 1. The highest BCUT2D eigenvalue weighted by Gasteiger charge is 2.26. The predicted octanol–water partition coefficient (Wildman–Crippen LogP) is 4.12. The van der Waals surface area contributed by atoms with E-state index < -0.39 is 0 Å². The Morgan fingerprint density at radius 1 is 1.11 bits per heavy atom. The molecule has 8 heteroatoms. The van der Waals surface area contributed by atoms with Crippen LogP contribution < -0.4 is 16.0 Å². The molecule has 0 spiro atoms. The number of hydrogen-bond donors (Lipinski definition) is 4. The van der Waals surface area contributed by atoms with E-state index in [-0.39, 0.29) is 6.29 Å². The molecule has 1 aliphatic heterocycles. The van der Waals surface area contributed by atoms with Gasteiger partial charge in [0.15, 0.2) is 12.1 Å². The molecule has 5 rings (SSSR count). The van der Waals surface area contributed by atoms with Crippen LogP contribution in [0.3, 0.4) is 0 Å². The van der Waals surface area contributed by atoms with Gasteiger partial charge >= 0.3 is 0 Å². The summed E-state index contributed by atoms with van der Waals surface area (Å²) in [5, 5.41) is 17.6. The first kappa shape index (κ1) is 17.1. The van der Waals surface area contributed by atoms with Crippen LogP contribution in [-0.2, 0) is 0 Å². The van der Waals surface area contributed by atoms with Gasteiger partial charge in [0.05, 0.1) is 15.9 Å². The molecule has 3 aromatic rings. The summed E-state index contributed by atoms with van der Waals surface area (Å²) in [5.74, 6) is 2.25. The van der Waals surface area contributed by atoms with Gasteiger partial charge in [-0.3, -0.25) is 5.10 Å². The van der Waals surface area contributed by atoms with Gasteiger partial charge in [-0.25, -0.2) is 4.99 Å².